The first kappa shape index (κ1) is 14.7. The van der Waals surface area contributed by atoms with Gasteiger partial charge in [-0.05, 0) is 65.4 Å². The fourth-order valence-electron chi connectivity index (χ4n) is 2.44. The topological polar surface area (TPSA) is 38.0 Å². The largest absolute Gasteiger partial charge is 0.507 e. The summed E-state index contributed by atoms with van der Waals surface area (Å²) in [7, 11) is 0. The molecule has 0 aliphatic heterocycles. The molecule has 3 rings (SSSR count). The van der Waals surface area contributed by atoms with E-state index >= 15 is 0 Å². The first-order valence-corrected chi connectivity index (χ1v) is 8.20. The van der Waals surface area contributed by atoms with Crippen LogP contribution in [-0.4, -0.2) is 14.7 Å². The van der Waals surface area contributed by atoms with Gasteiger partial charge in [0, 0.05) is 15.1 Å². The highest BCUT2D eigenvalue weighted by Gasteiger charge is 2.15. The number of rotatable bonds is 3. The molecule has 1 heterocycles. The third-order valence-electron chi connectivity index (χ3n) is 3.36. The van der Waals surface area contributed by atoms with Gasteiger partial charge in [-0.25, -0.2) is 4.98 Å². The maximum Gasteiger partial charge on any atom is 0.144 e. The molecule has 0 saturated carbocycles. The van der Waals surface area contributed by atoms with Crippen LogP contribution in [0.25, 0.3) is 22.4 Å². The van der Waals surface area contributed by atoms with E-state index < -0.39 is 0 Å². The average Bonchev–Trinajstić information content (AvgIpc) is 2.80. The van der Waals surface area contributed by atoms with E-state index in [2.05, 4.69) is 39.1 Å². The van der Waals surface area contributed by atoms with Gasteiger partial charge >= 0.3 is 0 Å². The van der Waals surface area contributed by atoms with Crippen LogP contribution in [0.15, 0.2) is 36.4 Å². The van der Waals surface area contributed by atoms with Crippen molar-refractivity contribution in [3.05, 3.63) is 45.0 Å². The number of aryl methyl sites for hydroxylation is 1. The summed E-state index contributed by atoms with van der Waals surface area (Å²) in [6.07, 6.45) is 0.982. The van der Waals surface area contributed by atoms with E-state index in [1.54, 1.807) is 6.07 Å². The number of aromatic hydroxyl groups is 1. The van der Waals surface area contributed by atoms with Crippen molar-refractivity contribution in [1.29, 1.82) is 0 Å². The summed E-state index contributed by atoms with van der Waals surface area (Å²) in [6.45, 7) is 2.95. The van der Waals surface area contributed by atoms with Crippen LogP contribution in [0.1, 0.15) is 13.3 Å². The third-order valence-corrected chi connectivity index (χ3v) is 4.26. The second-order valence-electron chi connectivity index (χ2n) is 4.88. The van der Waals surface area contributed by atoms with E-state index in [-0.39, 0.29) is 5.75 Å². The van der Waals surface area contributed by atoms with Crippen LogP contribution >= 0.6 is 34.2 Å². The standard InChI is InChI=1S/C16H14ClIN2O/c1-2-7-20-14-8-10(17)3-5-13(14)19-16(20)12-9-11(18)4-6-15(12)21/h3-6,8-9,21H,2,7H2,1H3. The number of benzene rings is 2. The molecular formula is C16H14ClIN2O. The van der Waals surface area contributed by atoms with E-state index in [1.807, 2.05) is 30.3 Å². The van der Waals surface area contributed by atoms with Crippen molar-refractivity contribution in [1.82, 2.24) is 9.55 Å². The Bertz CT molecular complexity index is 813. The number of nitrogens with zero attached hydrogens (tertiary/aromatic N) is 2. The molecule has 0 atom stereocenters. The molecule has 0 amide bonds. The zero-order valence-electron chi connectivity index (χ0n) is 11.5. The van der Waals surface area contributed by atoms with Gasteiger partial charge in [0.05, 0.1) is 16.6 Å². The van der Waals surface area contributed by atoms with E-state index in [1.165, 1.54) is 0 Å². The molecule has 0 radical (unpaired) electrons. The van der Waals surface area contributed by atoms with E-state index in [0.29, 0.717) is 5.02 Å². The van der Waals surface area contributed by atoms with E-state index in [4.69, 9.17) is 11.6 Å². The molecule has 0 bridgehead atoms. The molecule has 0 spiro atoms. The summed E-state index contributed by atoms with van der Waals surface area (Å²) in [5.41, 5.74) is 2.64. The van der Waals surface area contributed by atoms with Crippen molar-refractivity contribution in [2.24, 2.45) is 0 Å². The Morgan fingerprint density at radius 2 is 2.05 bits per heavy atom. The maximum absolute atomic E-state index is 10.2. The Hall–Kier alpha value is -1.27. The fourth-order valence-corrected chi connectivity index (χ4v) is 3.10. The van der Waals surface area contributed by atoms with Crippen LogP contribution in [0.4, 0.5) is 0 Å². The van der Waals surface area contributed by atoms with Crippen LogP contribution in [-0.2, 0) is 6.54 Å². The molecule has 0 fully saturated rings. The molecular weight excluding hydrogens is 399 g/mol. The van der Waals surface area contributed by atoms with Gasteiger partial charge in [0.15, 0.2) is 0 Å². The zero-order valence-corrected chi connectivity index (χ0v) is 14.4. The van der Waals surface area contributed by atoms with Gasteiger partial charge in [-0.1, -0.05) is 18.5 Å². The predicted molar refractivity (Wildman–Crippen MR) is 94.9 cm³/mol. The lowest BCUT2D eigenvalue weighted by Gasteiger charge is -2.09. The quantitative estimate of drug-likeness (QED) is 0.609. The summed E-state index contributed by atoms with van der Waals surface area (Å²) in [5.74, 6) is 1.03. The van der Waals surface area contributed by atoms with Gasteiger partial charge in [0.1, 0.15) is 11.6 Å². The van der Waals surface area contributed by atoms with E-state index in [9.17, 15) is 5.11 Å². The molecule has 5 heteroatoms. The smallest absolute Gasteiger partial charge is 0.144 e. The number of hydrogen-bond acceptors (Lipinski definition) is 2. The normalized spacial score (nSPS) is 11.2. The lowest BCUT2D eigenvalue weighted by atomic mass is 10.2. The van der Waals surface area contributed by atoms with Gasteiger partial charge in [-0.2, -0.15) is 0 Å². The lowest BCUT2D eigenvalue weighted by molar-refractivity contribution is 0.476. The molecule has 3 nitrogen and oxygen atoms in total. The van der Waals surface area contributed by atoms with Crippen LogP contribution in [0.3, 0.4) is 0 Å². The fraction of sp³-hybridized carbons (Fsp3) is 0.188. The summed E-state index contributed by atoms with van der Waals surface area (Å²) in [6, 6.07) is 11.2. The van der Waals surface area contributed by atoms with Gasteiger partial charge < -0.3 is 9.67 Å². The monoisotopic (exact) mass is 412 g/mol. The van der Waals surface area contributed by atoms with Crippen molar-refractivity contribution >= 4 is 45.2 Å². The minimum Gasteiger partial charge on any atom is -0.507 e. The second kappa shape index (κ2) is 5.85. The second-order valence-corrected chi connectivity index (χ2v) is 6.56. The highest BCUT2D eigenvalue weighted by atomic mass is 127. The zero-order chi connectivity index (χ0) is 15.0. The Labute approximate surface area is 141 Å². The van der Waals surface area contributed by atoms with Crippen molar-refractivity contribution in [3.63, 3.8) is 0 Å². The number of halogens is 2. The van der Waals surface area contributed by atoms with Gasteiger partial charge in [-0.3, -0.25) is 0 Å². The minimum absolute atomic E-state index is 0.245. The number of fused-ring (bicyclic) bond motifs is 1. The SMILES string of the molecule is CCCn1c(-c2cc(I)ccc2O)nc2ccc(Cl)cc21. The molecule has 0 saturated heterocycles. The molecule has 108 valence electrons. The van der Waals surface area contributed by atoms with Crippen LogP contribution in [0.5, 0.6) is 5.75 Å². The van der Waals surface area contributed by atoms with Crippen molar-refractivity contribution < 1.29 is 5.11 Å². The number of imidazole rings is 1. The van der Waals surface area contributed by atoms with Crippen LogP contribution in [0, 0.1) is 3.57 Å². The Morgan fingerprint density at radius 1 is 1.24 bits per heavy atom. The number of phenolic OH excluding ortho intramolecular Hbond substituents is 1. The van der Waals surface area contributed by atoms with Crippen molar-refractivity contribution in [2.75, 3.05) is 0 Å². The molecule has 0 unspecified atom stereocenters. The lowest BCUT2D eigenvalue weighted by Crippen LogP contribution is -2.00. The van der Waals surface area contributed by atoms with Gasteiger partial charge in [-0.15, -0.1) is 0 Å². The molecule has 21 heavy (non-hydrogen) atoms. The predicted octanol–water partition coefficient (Wildman–Crippen LogP) is 5.08. The maximum atomic E-state index is 10.2. The minimum atomic E-state index is 0.245. The Morgan fingerprint density at radius 3 is 2.81 bits per heavy atom. The summed E-state index contributed by atoms with van der Waals surface area (Å²) in [4.78, 5) is 4.69. The Balaban J connectivity index is 2.30. The number of aromatic nitrogens is 2. The van der Waals surface area contributed by atoms with Gasteiger partial charge in [0.25, 0.3) is 0 Å². The van der Waals surface area contributed by atoms with Crippen LogP contribution < -0.4 is 0 Å². The molecule has 3 aromatic rings. The van der Waals surface area contributed by atoms with Crippen LogP contribution in [0.2, 0.25) is 5.02 Å². The summed E-state index contributed by atoms with van der Waals surface area (Å²) < 4.78 is 3.18. The Kier molecular flexibility index (Phi) is 4.08. The highest BCUT2D eigenvalue weighted by molar-refractivity contribution is 14.1. The third kappa shape index (κ3) is 2.74. The number of hydrogen-bond donors (Lipinski definition) is 1. The first-order valence-electron chi connectivity index (χ1n) is 6.75. The molecule has 1 aromatic heterocycles. The summed E-state index contributed by atoms with van der Waals surface area (Å²) in [5, 5.41) is 10.9. The molecule has 1 N–H and O–H groups in total. The van der Waals surface area contributed by atoms with E-state index in [0.717, 1.165) is 39.0 Å². The number of phenols is 1. The van der Waals surface area contributed by atoms with Gasteiger partial charge in [0.2, 0.25) is 0 Å². The summed E-state index contributed by atoms with van der Waals surface area (Å²) >= 11 is 8.35. The first-order chi connectivity index (χ1) is 10.1. The molecule has 2 aromatic carbocycles. The van der Waals surface area contributed by atoms with Crippen molar-refractivity contribution in [3.8, 4) is 17.1 Å². The average molecular weight is 413 g/mol. The molecule has 0 aliphatic rings. The molecule has 0 aliphatic carbocycles. The highest BCUT2D eigenvalue weighted by Crippen LogP contribution is 2.33. The van der Waals surface area contributed by atoms with Crippen molar-refractivity contribution in [2.45, 2.75) is 19.9 Å².